The maximum Gasteiger partial charge on any atom is 0.410 e. The van der Waals surface area contributed by atoms with Crippen LogP contribution in [0.3, 0.4) is 0 Å². The van der Waals surface area contributed by atoms with E-state index in [9.17, 15) is 9.59 Å². The van der Waals surface area contributed by atoms with Gasteiger partial charge in [0.15, 0.2) is 0 Å². The van der Waals surface area contributed by atoms with E-state index in [0.717, 1.165) is 56.7 Å². The Hall–Kier alpha value is -3.13. The molecule has 34 heavy (non-hydrogen) atoms. The zero-order valence-electron chi connectivity index (χ0n) is 19.3. The van der Waals surface area contributed by atoms with Crippen molar-refractivity contribution in [3.05, 3.63) is 75.7 Å². The zero-order chi connectivity index (χ0) is 23.8. The van der Waals surface area contributed by atoms with Gasteiger partial charge in [-0.1, -0.05) is 57.9 Å². The van der Waals surface area contributed by atoms with Crippen molar-refractivity contribution in [2.75, 3.05) is 18.4 Å². The summed E-state index contributed by atoms with van der Waals surface area (Å²) in [6.45, 7) is 3.37. The molecule has 7 nitrogen and oxygen atoms in total. The molecule has 176 valence electrons. The highest BCUT2D eigenvalue weighted by Gasteiger charge is 2.31. The standard InChI is InChI=1S/C26H27BrN4O3/c1-17-12-19(8-10-27)23-21(13-17)25(32)29(2)24-22(23)14-28-31(24)20-9-11-30(15-20)26(33)34-16-18-6-4-3-5-7-18/h3-7,12-14,20H,8-11,15-16H2,1-2H3/t20-/m0/s1. The van der Waals surface area contributed by atoms with Gasteiger partial charge in [-0.25, -0.2) is 9.48 Å². The third-order valence-corrected chi connectivity index (χ3v) is 6.99. The van der Waals surface area contributed by atoms with Crippen molar-refractivity contribution in [3.8, 4) is 0 Å². The molecule has 8 heteroatoms. The number of halogens is 1. The lowest BCUT2D eigenvalue weighted by Gasteiger charge is -2.18. The van der Waals surface area contributed by atoms with E-state index in [1.807, 2.05) is 54.2 Å². The predicted octanol–water partition coefficient (Wildman–Crippen LogP) is 4.72. The number of aromatic nitrogens is 3. The Labute approximate surface area is 206 Å². The minimum atomic E-state index is -0.322. The second-order valence-electron chi connectivity index (χ2n) is 8.90. The number of pyridine rings is 1. The molecule has 0 spiro atoms. The van der Waals surface area contributed by atoms with E-state index in [2.05, 4.69) is 22.0 Å². The number of ether oxygens (including phenoxy) is 1. The molecule has 0 radical (unpaired) electrons. The Kier molecular flexibility index (Phi) is 6.16. The lowest BCUT2D eigenvalue weighted by Crippen LogP contribution is -2.30. The third-order valence-electron chi connectivity index (χ3n) is 6.59. The average molecular weight is 523 g/mol. The summed E-state index contributed by atoms with van der Waals surface area (Å²) < 4.78 is 9.13. The molecule has 1 amide bonds. The molecule has 0 aliphatic carbocycles. The first-order valence-electron chi connectivity index (χ1n) is 11.5. The largest absolute Gasteiger partial charge is 0.445 e. The number of amides is 1. The van der Waals surface area contributed by atoms with Gasteiger partial charge in [-0.05, 0) is 37.0 Å². The van der Waals surface area contributed by atoms with Gasteiger partial charge in [-0.15, -0.1) is 0 Å². The van der Waals surface area contributed by atoms with Crippen molar-refractivity contribution in [1.29, 1.82) is 0 Å². The number of hydrogen-bond acceptors (Lipinski definition) is 4. The van der Waals surface area contributed by atoms with Crippen LogP contribution in [0, 0.1) is 6.92 Å². The Morgan fingerprint density at radius 3 is 2.76 bits per heavy atom. The fourth-order valence-corrected chi connectivity index (χ4v) is 5.40. The maximum absolute atomic E-state index is 13.3. The SMILES string of the molecule is Cc1cc(CCBr)c2c(c1)c(=O)n(C)c1c2cnn1[C@H]1CCN(C(=O)OCc2ccccc2)C1. The molecule has 0 N–H and O–H groups in total. The molecule has 1 aliphatic rings. The number of benzene rings is 2. The summed E-state index contributed by atoms with van der Waals surface area (Å²) in [6, 6.07) is 13.8. The molecule has 3 heterocycles. The van der Waals surface area contributed by atoms with E-state index < -0.39 is 0 Å². The van der Waals surface area contributed by atoms with Gasteiger partial charge in [0.25, 0.3) is 5.56 Å². The van der Waals surface area contributed by atoms with Crippen LogP contribution in [-0.2, 0) is 24.8 Å². The number of hydrogen-bond donors (Lipinski definition) is 0. The number of likely N-dealkylation sites (tertiary alicyclic amines) is 1. The Bertz CT molecular complexity index is 1430. The molecule has 0 bridgehead atoms. The van der Waals surface area contributed by atoms with Crippen LogP contribution in [0.2, 0.25) is 0 Å². The summed E-state index contributed by atoms with van der Waals surface area (Å²) in [5.41, 5.74) is 3.95. The Balaban J connectivity index is 1.46. The van der Waals surface area contributed by atoms with E-state index in [4.69, 9.17) is 9.84 Å². The first kappa shape index (κ1) is 22.7. The maximum atomic E-state index is 13.3. The van der Waals surface area contributed by atoms with Crippen molar-refractivity contribution in [2.24, 2.45) is 7.05 Å². The van der Waals surface area contributed by atoms with E-state index >= 15 is 0 Å². The molecule has 0 saturated carbocycles. The molecule has 4 aromatic rings. The van der Waals surface area contributed by atoms with Crippen LogP contribution in [-0.4, -0.2) is 43.8 Å². The Morgan fingerprint density at radius 1 is 1.21 bits per heavy atom. The van der Waals surface area contributed by atoms with Gasteiger partial charge in [0.1, 0.15) is 12.3 Å². The molecule has 1 aliphatic heterocycles. The van der Waals surface area contributed by atoms with Crippen molar-refractivity contribution < 1.29 is 9.53 Å². The molecule has 0 unspecified atom stereocenters. The summed E-state index contributed by atoms with van der Waals surface area (Å²) in [6.07, 6.45) is 3.12. The average Bonchev–Trinajstić information content (AvgIpc) is 3.49. The number of carbonyl (C=O) groups excluding carboxylic acids is 1. The van der Waals surface area contributed by atoms with E-state index in [-0.39, 0.29) is 24.3 Å². The molecular formula is C26H27BrN4O3. The minimum absolute atomic E-state index is 0.0186. The number of aryl methyl sites for hydroxylation is 3. The van der Waals surface area contributed by atoms with Gasteiger partial charge in [-0.2, -0.15) is 5.10 Å². The van der Waals surface area contributed by atoms with Crippen LogP contribution >= 0.6 is 15.9 Å². The zero-order valence-corrected chi connectivity index (χ0v) is 20.9. The number of alkyl halides is 1. The lowest BCUT2D eigenvalue weighted by molar-refractivity contribution is 0.103. The molecule has 5 rings (SSSR count). The predicted molar refractivity (Wildman–Crippen MR) is 137 cm³/mol. The fourth-order valence-electron chi connectivity index (χ4n) is 4.98. The number of carbonyl (C=O) groups is 1. The van der Waals surface area contributed by atoms with E-state index in [1.54, 1.807) is 16.5 Å². The second kappa shape index (κ2) is 9.25. The van der Waals surface area contributed by atoms with E-state index in [0.29, 0.717) is 13.1 Å². The van der Waals surface area contributed by atoms with Crippen LogP contribution in [0.5, 0.6) is 0 Å². The molecule has 1 saturated heterocycles. The van der Waals surface area contributed by atoms with Gasteiger partial charge in [-0.3, -0.25) is 9.36 Å². The van der Waals surface area contributed by atoms with Gasteiger partial charge < -0.3 is 9.64 Å². The van der Waals surface area contributed by atoms with Gasteiger partial charge in [0.2, 0.25) is 0 Å². The molecule has 1 fully saturated rings. The molecular weight excluding hydrogens is 496 g/mol. The third kappa shape index (κ3) is 4.00. The van der Waals surface area contributed by atoms with Gasteiger partial charge >= 0.3 is 6.09 Å². The molecule has 2 aromatic carbocycles. The summed E-state index contributed by atoms with van der Waals surface area (Å²) >= 11 is 3.55. The van der Waals surface area contributed by atoms with Crippen molar-refractivity contribution in [3.63, 3.8) is 0 Å². The minimum Gasteiger partial charge on any atom is -0.445 e. The van der Waals surface area contributed by atoms with Crippen molar-refractivity contribution in [1.82, 2.24) is 19.2 Å². The quantitative estimate of drug-likeness (QED) is 0.355. The number of rotatable bonds is 5. The van der Waals surface area contributed by atoms with Gasteiger partial charge in [0.05, 0.1) is 12.2 Å². The Morgan fingerprint density at radius 2 is 2.00 bits per heavy atom. The van der Waals surface area contributed by atoms with Crippen molar-refractivity contribution in [2.45, 2.75) is 32.4 Å². The number of fused-ring (bicyclic) bond motifs is 3. The van der Waals surface area contributed by atoms with Gasteiger partial charge in [0, 0.05) is 41.6 Å². The monoisotopic (exact) mass is 522 g/mol. The summed E-state index contributed by atoms with van der Waals surface area (Å²) in [7, 11) is 1.80. The van der Waals surface area contributed by atoms with Crippen molar-refractivity contribution >= 4 is 43.8 Å². The normalized spacial score (nSPS) is 16.0. The van der Waals surface area contributed by atoms with Crippen LogP contribution < -0.4 is 5.56 Å². The lowest BCUT2D eigenvalue weighted by atomic mass is 9.99. The first-order chi connectivity index (χ1) is 16.5. The van der Waals surface area contributed by atoms with E-state index in [1.165, 1.54) is 0 Å². The highest BCUT2D eigenvalue weighted by atomic mass is 79.9. The highest BCUT2D eigenvalue weighted by Crippen LogP contribution is 2.31. The highest BCUT2D eigenvalue weighted by molar-refractivity contribution is 9.09. The first-order valence-corrected chi connectivity index (χ1v) is 12.6. The molecule has 2 aromatic heterocycles. The summed E-state index contributed by atoms with van der Waals surface area (Å²) in [5.74, 6) is 0. The topological polar surface area (TPSA) is 69.4 Å². The van der Waals surface area contributed by atoms with Crippen LogP contribution in [0.4, 0.5) is 4.79 Å². The summed E-state index contributed by atoms with van der Waals surface area (Å²) in [4.78, 5) is 27.7. The fraction of sp³-hybridized carbons (Fsp3) is 0.346. The molecule has 1 atom stereocenters. The van der Waals surface area contributed by atoms with Crippen LogP contribution in [0.25, 0.3) is 21.8 Å². The number of nitrogens with zero attached hydrogens (tertiary/aromatic N) is 4. The van der Waals surface area contributed by atoms with Crippen LogP contribution in [0.1, 0.15) is 29.2 Å². The smallest absolute Gasteiger partial charge is 0.410 e. The van der Waals surface area contributed by atoms with Crippen LogP contribution in [0.15, 0.2) is 53.5 Å². The second-order valence-corrected chi connectivity index (χ2v) is 9.70. The summed E-state index contributed by atoms with van der Waals surface area (Å²) in [5, 5.41) is 8.20.